The third-order valence-corrected chi connectivity index (χ3v) is 4.22. The molecule has 1 fully saturated rings. The summed E-state index contributed by atoms with van der Waals surface area (Å²) >= 11 is 0. The second kappa shape index (κ2) is 7.00. The first-order valence-corrected chi connectivity index (χ1v) is 7.93. The number of carbonyl (C=O) groups excluding carboxylic acids is 2. The molecular weight excluding hydrogens is 296 g/mol. The third-order valence-electron chi connectivity index (χ3n) is 4.22. The number of aliphatic hydroxyl groups is 1. The number of rotatable bonds is 7. The Morgan fingerprint density at radius 1 is 1.26 bits per heavy atom. The Morgan fingerprint density at radius 3 is 2.43 bits per heavy atom. The predicted molar refractivity (Wildman–Crippen MR) is 86.3 cm³/mol. The molecule has 0 aliphatic carbocycles. The van der Waals surface area contributed by atoms with Gasteiger partial charge < -0.3 is 15.2 Å². The topological polar surface area (TPSA) is 78.9 Å². The van der Waals surface area contributed by atoms with Crippen LogP contribution in [0.3, 0.4) is 0 Å². The number of β-amino-alcohol motifs (C(OH)–C–C–N with tert-alkyl or cyclic N) is 1. The fourth-order valence-electron chi connectivity index (χ4n) is 2.43. The summed E-state index contributed by atoms with van der Waals surface area (Å²) in [6.07, 6.45) is 0.519. The lowest BCUT2D eigenvalue weighted by Gasteiger charge is -2.21. The minimum atomic E-state index is -0.935. The molecule has 1 aromatic rings. The molecular formula is C17H24N2O4. The molecule has 1 aromatic carbocycles. The first kappa shape index (κ1) is 17.3. The molecule has 6 heteroatoms. The van der Waals surface area contributed by atoms with Crippen LogP contribution in [0.25, 0.3) is 0 Å². The maximum absolute atomic E-state index is 12.2. The van der Waals surface area contributed by atoms with Gasteiger partial charge in [0.2, 0.25) is 0 Å². The normalized spacial score (nSPS) is 22.2. The van der Waals surface area contributed by atoms with Gasteiger partial charge in [0.1, 0.15) is 24.0 Å². The Morgan fingerprint density at radius 2 is 1.91 bits per heavy atom. The predicted octanol–water partition coefficient (Wildman–Crippen LogP) is 1.71. The molecule has 3 amide bonds. The van der Waals surface area contributed by atoms with Crippen molar-refractivity contribution in [3.63, 3.8) is 0 Å². The van der Waals surface area contributed by atoms with Gasteiger partial charge in [-0.3, -0.25) is 9.69 Å². The average Bonchev–Trinajstić information content (AvgIpc) is 2.77. The van der Waals surface area contributed by atoms with Crippen LogP contribution in [-0.2, 0) is 11.2 Å². The highest BCUT2D eigenvalue weighted by atomic mass is 16.5. The molecule has 0 spiro atoms. The molecule has 2 atom stereocenters. The number of urea groups is 1. The zero-order chi connectivity index (χ0) is 17.0. The Balaban J connectivity index is 1.88. The van der Waals surface area contributed by atoms with Gasteiger partial charge in [-0.2, -0.15) is 0 Å². The smallest absolute Gasteiger partial charge is 0.325 e. The number of carbonyl (C=O) groups is 2. The number of nitrogens with one attached hydrogen (secondary N) is 1. The Kier molecular flexibility index (Phi) is 5.26. The van der Waals surface area contributed by atoms with Crippen molar-refractivity contribution in [2.24, 2.45) is 0 Å². The molecule has 0 unspecified atom stereocenters. The number of amides is 3. The van der Waals surface area contributed by atoms with Gasteiger partial charge in [0.05, 0.1) is 6.54 Å². The summed E-state index contributed by atoms with van der Waals surface area (Å²) in [7, 11) is 0. The van der Waals surface area contributed by atoms with E-state index in [2.05, 4.69) is 12.2 Å². The third kappa shape index (κ3) is 3.82. The number of nitrogens with zero attached hydrogens (tertiary/aromatic N) is 1. The summed E-state index contributed by atoms with van der Waals surface area (Å²) in [6, 6.07) is 7.14. The highest BCUT2D eigenvalue weighted by molar-refractivity contribution is 6.06. The SMILES string of the molecule is CCc1ccc(OC[C@H](O)CN2C(=O)N[C@](C)(CC)C2=O)cc1. The van der Waals surface area contributed by atoms with Gasteiger partial charge in [0.25, 0.3) is 5.91 Å². The maximum Gasteiger partial charge on any atom is 0.325 e. The zero-order valence-corrected chi connectivity index (χ0v) is 13.8. The number of aryl methyl sites for hydroxylation is 1. The number of imide groups is 1. The minimum absolute atomic E-state index is 0.0192. The van der Waals surface area contributed by atoms with E-state index >= 15 is 0 Å². The summed E-state index contributed by atoms with van der Waals surface area (Å²) in [4.78, 5) is 25.2. The molecule has 1 saturated heterocycles. The number of hydrogen-bond acceptors (Lipinski definition) is 4. The molecule has 1 aliphatic heterocycles. The van der Waals surface area contributed by atoms with Crippen molar-refractivity contribution in [1.29, 1.82) is 0 Å². The van der Waals surface area contributed by atoms with Crippen LogP contribution < -0.4 is 10.1 Å². The molecule has 1 heterocycles. The van der Waals surface area contributed by atoms with Gasteiger partial charge in [-0.05, 0) is 37.5 Å². The van der Waals surface area contributed by atoms with Crippen LogP contribution in [0.4, 0.5) is 4.79 Å². The van der Waals surface area contributed by atoms with E-state index in [9.17, 15) is 14.7 Å². The molecule has 23 heavy (non-hydrogen) atoms. The van der Waals surface area contributed by atoms with Crippen molar-refractivity contribution < 1.29 is 19.4 Å². The van der Waals surface area contributed by atoms with Crippen molar-refractivity contribution >= 4 is 11.9 Å². The zero-order valence-electron chi connectivity index (χ0n) is 13.8. The fourth-order valence-corrected chi connectivity index (χ4v) is 2.43. The van der Waals surface area contributed by atoms with Gasteiger partial charge in [0, 0.05) is 0 Å². The van der Waals surface area contributed by atoms with Crippen molar-refractivity contribution in [3.8, 4) is 5.75 Å². The van der Waals surface area contributed by atoms with E-state index in [1.807, 2.05) is 31.2 Å². The van der Waals surface area contributed by atoms with E-state index in [4.69, 9.17) is 4.74 Å². The van der Waals surface area contributed by atoms with Crippen LogP contribution in [0.15, 0.2) is 24.3 Å². The summed E-state index contributed by atoms with van der Waals surface area (Å²) in [5.74, 6) is 0.341. The van der Waals surface area contributed by atoms with E-state index in [-0.39, 0.29) is 19.1 Å². The highest BCUT2D eigenvalue weighted by Gasteiger charge is 2.46. The summed E-state index contributed by atoms with van der Waals surface area (Å²) in [5, 5.41) is 12.7. The Bertz CT molecular complexity index is 572. The molecule has 2 N–H and O–H groups in total. The van der Waals surface area contributed by atoms with Crippen LogP contribution in [0.5, 0.6) is 5.75 Å². The van der Waals surface area contributed by atoms with Crippen molar-refractivity contribution in [2.45, 2.75) is 45.3 Å². The van der Waals surface area contributed by atoms with Gasteiger partial charge in [-0.15, -0.1) is 0 Å². The Hall–Kier alpha value is -2.08. The minimum Gasteiger partial charge on any atom is -0.491 e. The lowest BCUT2D eigenvalue weighted by Crippen LogP contribution is -2.44. The van der Waals surface area contributed by atoms with Crippen LogP contribution >= 0.6 is 0 Å². The molecule has 2 rings (SSSR count). The van der Waals surface area contributed by atoms with Crippen molar-refractivity contribution in [1.82, 2.24) is 10.2 Å². The number of ether oxygens (including phenoxy) is 1. The monoisotopic (exact) mass is 320 g/mol. The first-order valence-electron chi connectivity index (χ1n) is 7.93. The van der Waals surface area contributed by atoms with Crippen molar-refractivity contribution in [2.75, 3.05) is 13.2 Å². The molecule has 126 valence electrons. The van der Waals surface area contributed by atoms with Crippen LogP contribution in [0, 0.1) is 0 Å². The number of hydrogen-bond donors (Lipinski definition) is 2. The molecule has 6 nitrogen and oxygen atoms in total. The summed E-state index contributed by atoms with van der Waals surface area (Å²) in [6.45, 7) is 5.53. The van der Waals surface area contributed by atoms with Crippen LogP contribution in [-0.4, -0.2) is 46.7 Å². The van der Waals surface area contributed by atoms with E-state index in [0.29, 0.717) is 12.2 Å². The van der Waals surface area contributed by atoms with E-state index in [1.54, 1.807) is 6.92 Å². The van der Waals surface area contributed by atoms with Crippen LogP contribution in [0.1, 0.15) is 32.8 Å². The standard InChI is InChI=1S/C17H24N2O4/c1-4-12-6-8-14(9-7-12)23-11-13(20)10-19-15(21)17(3,5-2)18-16(19)22/h6-9,13,20H,4-5,10-11H2,1-3H3,(H,18,22)/t13-,17-/m1/s1. The number of benzene rings is 1. The second-order valence-corrected chi connectivity index (χ2v) is 5.99. The second-order valence-electron chi connectivity index (χ2n) is 5.99. The molecule has 1 aliphatic rings. The van der Waals surface area contributed by atoms with E-state index < -0.39 is 17.7 Å². The van der Waals surface area contributed by atoms with E-state index in [1.165, 1.54) is 5.56 Å². The van der Waals surface area contributed by atoms with Gasteiger partial charge in [0.15, 0.2) is 0 Å². The largest absolute Gasteiger partial charge is 0.491 e. The maximum atomic E-state index is 12.2. The van der Waals surface area contributed by atoms with Gasteiger partial charge in [-0.1, -0.05) is 26.0 Å². The molecule has 0 bridgehead atoms. The van der Waals surface area contributed by atoms with Crippen LogP contribution in [0.2, 0.25) is 0 Å². The van der Waals surface area contributed by atoms with E-state index in [0.717, 1.165) is 11.3 Å². The number of aliphatic hydroxyl groups excluding tert-OH is 1. The highest BCUT2D eigenvalue weighted by Crippen LogP contribution is 2.21. The first-order chi connectivity index (χ1) is 10.9. The quantitative estimate of drug-likeness (QED) is 0.750. The Labute approximate surface area is 136 Å². The lowest BCUT2D eigenvalue weighted by atomic mass is 9.99. The molecule has 0 saturated carbocycles. The molecule has 0 radical (unpaired) electrons. The van der Waals surface area contributed by atoms with Gasteiger partial charge >= 0.3 is 6.03 Å². The molecule has 0 aromatic heterocycles. The van der Waals surface area contributed by atoms with Gasteiger partial charge in [-0.25, -0.2) is 4.79 Å². The average molecular weight is 320 g/mol. The fraction of sp³-hybridized carbons (Fsp3) is 0.529. The lowest BCUT2D eigenvalue weighted by molar-refractivity contribution is -0.132. The van der Waals surface area contributed by atoms with Crippen molar-refractivity contribution in [3.05, 3.63) is 29.8 Å². The summed E-state index contributed by atoms with van der Waals surface area (Å²) in [5.41, 5.74) is 0.323. The summed E-state index contributed by atoms with van der Waals surface area (Å²) < 4.78 is 5.51.